The van der Waals surface area contributed by atoms with Crippen molar-refractivity contribution in [1.29, 1.82) is 0 Å². The number of rotatable bonds is 3. The first kappa shape index (κ1) is 27.9. The Morgan fingerprint density at radius 2 is 0.846 bits per heavy atom. The van der Waals surface area contributed by atoms with E-state index in [1.807, 2.05) is 18.2 Å². The van der Waals surface area contributed by atoms with Gasteiger partial charge in [0, 0.05) is 33.3 Å². The lowest BCUT2D eigenvalue weighted by atomic mass is 9.70. The molecule has 0 atom stereocenters. The first-order valence-electron chi connectivity index (χ1n) is 17.8. The standard InChI is InChI=1S/C49H29NO2/c1-6-18-40-32(12-1)33-13-2-7-19-41(33)49(40)42-20-8-3-14-34(42)35-26-24-30(28-43(35)49)50(31-25-27-38-36-15-4-9-22-45(36)51-47(38)29-31)44-21-11-17-39-37-16-5-10-23-46(37)52-48(39)44/h1-29H. The fourth-order valence-electron chi connectivity index (χ4n) is 9.41. The molecule has 10 aromatic rings. The number of furan rings is 2. The van der Waals surface area contributed by atoms with Crippen molar-refractivity contribution in [1.82, 2.24) is 0 Å². The van der Waals surface area contributed by atoms with Crippen LogP contribution in [-0.2, 0) is 5.41 Å². The lowest BCUT2D eigenvalue weighted by Crippen LogP contribution is -2.26. The molecule has 1 spiro atoms. The van der Waals surface area contributed by atoms with E-state index in [0.29, 0.717) is 0 Å². The van der Waals surface area contributed by atoms with Crippen LogP contribution in [0.25, 0.3) is 66.1 Å². The monoisotopic (exact) mass is 663 g/mol. The van der Waals surface area contributed by atoms with Crippen LogP contribution in [-0.4, -0.2) is 0 Å². The molecule has 8 aromatic carbocycles. The number of hydrogen-bond acceptors (Lipinski definition) is 3. The van der Waals surface area contributed by atoms with Crippen molar-refractivity contribution in [3.8, 4) is 22.3 Å². The fourth-order valence-corrected chi connectivity index (χ4v) is 9.41. The van der Waals surface area contributed by atoms with E-state index >= 15 is 0 Å². The van der Waals surface area contributed by atoms with E-state index in [4.69, 9.17) is 8.83 Å². The van der Waals surface area contributed by atoms with Gasteiger partial charge in [-0.3, -0.25) is 0 Å². The third-order valence-electron chi connectivity index (χ3n) is 11.5. The van der Waals surface area contributed by atoms with Crippen LogP contribution in [0.1, 0.15) is 22.3 Å². The molecule has 52 heavy (non-hydrogen) atoms. The topological polar surface area (TPSA) is 29.5 Å². The van der Waals surface area contributed by atoms with Crippen molar-refractivity contribution < 1.29 is 8.83 Å². The highest BCUT2D eigenvalue weighted by atomic mass is 16.3. The summed E-state index contributed by atoms with van der Waals surface area (Å²) in [6.45, 7) is 0. The fraction of sp³-hybridized carbons (Fsp3) is 0.0204. The van der Waals surface area contributed by atoms with Crippen molar-refractivity contribution in [2.24, 2.45) is 0 Å². The number of benzene rings is 8. The molecule has 242 valence electrons. The molecule has 0 bridgehead atoms. The Kier molecular flexibility index (Phi) is 5.43. The van der Waals surface area contributed by atoms with Crippen molar-refractivity contribution in [3.63, 3.8) is 0 Å². The quantitative estimate of drug-likeness (QED) is 0.188. The second kappa shape index (κ2) is 10.1. The lowest BCUT2D eigenvalue weighted by molar-refractivity contribution is 0.667. The van der Waals surface area contributed by atoms with Gasteiger partial charge >= 0.3 is 0 Å². The van der Waals surface area contributed by atoms with Gasteiger partial charge in [-0.2, -0.15) is 0 Å². The number of fused-ring (bicyclic) bond motifs is 16. The summed E-state index contributed by atoms with van der Waals surface area (Å²) in [5.41, 5.74) is 16.4. The summed E-state index contributed by atoms with van der Waals surface area (Å²) >= 11 is 0. The summed E-state index contributed by atoms with van der Waals surface area (Å²) in [4.78, 5) is 2.35. The smallest absolute Gasteiger partial charge is 0.159 e. The highest BCUT2D eigenvalue weighted by Crippen LogP contribution is 2.63. The number of nitrogens with zero attached hydrogens (tertiary/aromatic N) is 1. The average molecular weight is 664 g/mol. The van der Waals surface area contributed by atoms with Crippen molar-refractivity contribution in [3.05, 3.63) is 198 Å². The van der Waals surface area contributed by atoms with Crippen LogP contribution in [0.5, 0.6) is 0 Å². The molecule has 0 aliphatic heterocycles. The Bertz CT molecular complexity index is 3040. The molecule has 3 heteroatoms. The van der Waals surface area contributed by atoms with E-state index in [1.54, 1.807) is 0 Å². The molecule has 0 fully saturated rings. The van der Waals surface area contributed by atoms with Crippen LogP contribution >= 0.6 is 0 Å². The van der Waals surface area contributed by atoms with Gasteiger partial charge in [-0.15, -0.1) is 0 Å². The van der Waals surface area contributed by atoms with Gasteiger partial charge in [0.2, 0.25) is 0 Å². The zero-order valence-corrected chi connectivity index (χ0v) is 28.0. The molecule has 12 rings (SSSR count). The van der Waals surface area contributed by atoms with Gasteiger partial charge in [0.05, 0.1) is 16.8 Å². The molecule has 2 aliphatic carbocycles. The summed E-state index contributed by atoms with van der Waals surface area (Å²) in [5.74, 6) is 0. The van der Waals surface area contributed by atoms with Crippen LogP contribution in [0.3, 0.4) is 0 Å². The number of para-hydroxylation sites is 3. The van der Waals surface area contributed by atoms with Gasteiger partial charge in [-0.05, 0) is 87.0 Å². The van der Waals surface area contributed by atoms with E-state index in [1.165, 1.54) is 44.5 Å². The molecule has 0 amide bonds. The minimum atomic E-state index is -0.450. The minimum Gasteiger partial charge on any atom is -0.456 e. The molecule has 0 N–H and O–H groups in total. The Labute approximate surface area is 299 Å². The third-order valence-corrected chi connectivity index (χ3v) is 11.5. The maximum Gasteiger partial charge on any atom is 0.159 e. The Hall–Kier alpha value is -6.84. The Balaban J connectivity index is 1.17. The first-order valence-corrected chi connectivity index (χ1v) is 17.8. The predicted molar refractivity (Wildman–Crippen MR) is 212 cm³/mol. The lowest BCUT2D eigenvalue weighted by Gasteiger charge is -2.32. The van der Waals surface area contributed by atoms with Crippen molar-refractivity contribution in [2.45, 2.75) is 5.41 Å². The maximum absolute atomic E-state index is 6.71. The number of hydrogen-bond donors (Lipinski definition) is 0. The van der Waals surface area contributed by atoms with E-state index in [0.717, 1.165) is 60.9 Å². The van der Waals surface area contributed by atoms with Crippen LogP contribution in [0.15, 0.2) is 185 Å². The second-order valence-electron chi connectivity index (χ2n) is 14.0. The molecule has 2 aliphatic rings. The van der Waals surface area contributed by atoms with Gasteiger partial charge in [0.25, 0.3) is 0 Å². The van der Waals surface area contributed by atoms with Gasteiger partial charge in [0.1, 0.15) is 16.7 Å². The summed E-state index contributed by atoms with van der Waals surface area (Å²) < 4.78 is 13.2. The maximum atomic E-state index is 6.71. The second-order valence-corrected chi connectivity index (χ2v) is 14.0. The highest BCUT2D eigenvalue weighted by Gasteiger charge is 2.51. The summed E-state index contributed by atoms with van der Waals surface area (Å²) in [7, 11) is 0. The predicted octanol–water partition coefficient (Wildman–Crippen LogP) is 13.3. The molecular formula is C49H29NO2. The summed E-state index contributed by atoms with van der Waals surface area (Å²) in [5, 5.41) is 4.41. The molecule has 0 unspecified atom stereocenters. The van der Waals surface area contributed by atoms with E-state index in [-0.39, 0.29) is 0 Å². The van der Waals surface area contributed by atoms with Gasteiger partial charge in [-0.1, -0.05) is 127 Å². The Morgan fingerprint density at radius 1 is 0.346 bits per heavy atom. The summed E-state index contributed by atoms with van der Waals surface area (Å²) in [6.07, 6.45) is 0. The van der Waals surface area contributed by atoms with Crippen LogP contribution < -0.4 is 4.90 Å². The van der Waals surface area contributed by atoms with Crippen LogP contribution in [0.2, 0.25) is 0 Å². The van der Waals surface area contributed by atoms with Crippen LogP contribution in [0, 0.1) is 0 Å². The first-order chi connectivity index (χ1) is 25.8. The third kappa shape index (κ3) is 3.49. The molecule has 0 saturated heterocycles. The van der Waals surface area contributed by atoms with Crippen LogP contribution in [0.4, 0.5) is 17.1 Å². The highest BCUT2D eigenvalue weighted by molar-refractivity contribution is 6.11. The molecule has 0 radical (unpaired) electrons. The SMILES string of the molecule is c1ccc2c(c1)-c1ccccc1C21c2ccccc2-c2ccc(N(c3ccc4c(c3)oc3ccccc34)c3cccc4c3oc3ccccc34)cc21. The zero-order chi connectivity index (χ0) is 34.0. The van der Waals surface area contributed by atoms with E-state index in [2.05, 4.69) is 163 Å². The van der Waals surface area contributed by atoms with E-state index in [9.17, 15) is 0 Å². The van der Waals surface area contributed by atoms with Crippen molar-refractivity contribution >= 4 is 60.9 Å². The van der Waals surface area contributed by atoms with Gasteiger partial charge < -0.3 is 13.7 Å². The molecular weight excluding hydrogens is 635 g/mol. The summed E-state index contributed by atoms with van der Waals surface area (Å²) in [6, 6.07) is 63.5. The average Bonchev–Trinajstić information content (AvgIpc) is 3.93. The molecule has 2 aromatic heterocycles. The molecule has 0 saturated carbocycles. The number of anilines is 3. The largest absolute Gasteiger partial charge is 0.456 e. The minimum absolute atomic E-state index is 0.450. The zero-order valence-electron chi connectivity index (χ0n) is 28.0. The Morgan fingerprint density at radius 3 is 1.54 bits per heavy atom. The van der Waals surface area contributed by atoms with E-state index < -0.39 is 5.41 Å². The van der Waals surface area contributed by atoms with Gasteiger partial charge in [0.15, 0.2) is 5.58 Å². The van der Waals surface area contributed by atoms with Gasteiger partial charge in [-0.25, -0.2) is 0 Å². The normalized spacial score (nSPS) is 13.5. The molecule has 2 heterocycles. The molecule has 3 nitrogen and oxygen atoms in total. The van der Waals surface area contributed by atoms with Crippen molar-refractivity contribution in [2.75, 3.05) is 4.90 Å².